The van der Waals surface area contributed by atoms with Crippen molar-refractivity contribution < 1.29 is 9.18 Å². The van der Waals surface area contributed by atoms with Crippen LogP contribution in [0.1, 0.15) is 25.3 Å². The molecule has 3 aromatic rings. The second kappa shape index (κ2) is 8.37. The van der Waals surface area contributed by atoms with E-state index < -0.39 is 11.2 Å². The van der Waals surface area contributed by atoms with Crippen molar-refractivity contribution in [3.05, 3.63) is 56.5 Å². The monoisotopic (exact) mass is 428 g/mol. The number of aromatic amines is 1. The Labute approximate surface area is 177 Å². The van der Waals surface area contributed by atoms with Crippen LogP contribution in [0.15, 0.2) is 33.9 Å². The highest BCUT2D eigenvalue weighted by molar-refractivity contribution is 5.77. The highest BCUT2D eigenvalue weighted by Gasteiger charge is 2.26. The Morgan fingerprint density at radius 1 is 1.13 bits per heavy atom. The van der Waals surface area contributed by atoms with Crippen molar-refractivity contribution >= 4 is 23.0 Å². The molecule has 164 valence electrons. The summed E-state index contributed by atoms with van der Waals surface area (Å²) in [7, 11) is 1.56. The Morgan fingerprint density at radius 2 is 1.81 bits per heavy atom. The third-order valence-corrected chi connectivity index (χ3v) is 5.62. The predicted molar refractivity (Wildman–Crippen MR) is 115 cm³/mol. The third-order valence-electron chi connectivity index (χ3n) is 5.62. The number of carbonyl (C=O) groups is 1. The standard InChI is InChI=1S/C21H25FN6O3/c1-3-4-16(29)26-9-11-27(12-10-26)20-23-18-17(19(30)24-21(31)25(18)2)28(20)13-14-5-7-15(22)8-6-14/h5-8H,3-4,9-13H2,1-2H3,(H,24,30,31). The van der Waals surface area contributed by atoms with E-state index in [1.807, 2.05) is 16.7 Å². The van der Waals surface area contributed by atoms with Gasteiger partial charge in [-0.2, -0.15) is 4.98 Å². The second-order valence-electron chi connectivity index (χ2n) is 7.73. The number of halogens is 1. The molecule has 0 aliphatic carbocycles. The van der Waals surface area contributed by atoms with E-state index in [1.165, 1.54) is 16.7 Å². The molecular weight excluding hydrogens is 403 g/mol. The maximum atomic E-state index is 13.4. The van der Waals surface area contributed by atoms with Crippen LogP contribution in [0, 0.1) is 5.82 Å². The number of rotatable bonds is 5. The molecule has 1 aromatic carbocycles. The highest BCUT2D eigenvalue weighted by Crippen LogP contribution is 2.23. The molecular formula is C21H25FN6O3. The van der Waals surface area contributed by atoms with Gasteiger partial charge in [0.15, 0.2) is 11.2 Å². The fraction of sp³-hybridized carbons (Fsp3) is 0.429. The molecule has 0 atom stereocenters. The number of anilines is 1. The average molecular weight is 428 g/mol. The molecule has 1 amide bonds. The molecule has 0 unspecified atom stereocenters. The molecule has 0 saturated carbocycles. The molecule has 1 aliphatic rings. The number of carbonyl (C=O) groups excluding carboxylic acids is 1. The highest BCUT2D eigenvalue weighted by atomic mass is 19.1. The van der Waals surface area contributed by atoms with E-state index in [4.69, 9.17) is 0 Å². The average Bonchev–Trinajstić information content (AvgIpc) is 3.14. The van der Waals surface area contributed by atoms with Crippen molar-refractivity contribution in [3.63, 3.8) is 0 Å². The summed E-state index contributed by atoms with van der Waals surface area (Å²) in [5, 5.41) is 0. The maximum Gasteiger partial charge on any atom is 0.329 e. The molecule has 3 heterocycles. The van der Waals surface area contributed by atoms with Crippen molar-refractivity contribution in [2.75, 3.05) is 31.1 Å². The van der Waals surface area contributed by atoms with Crippen LogP contribution in [0.2, 0.25) is 0 Å². The van der Waals surface area contributed by atoms with Crippen molar-refractivity contribution in [2.45, 2.75) is 26.3 Å². The van der Waals surface area contributed by atoms with Crippen LogP contribution in [-0.2, 0) is 18.4 Å². The van der Waals surface area contributed by atoms with E-state index in [1.54, 1.807) is 23.7 Å². The Morgan fingerprint density at radius 3 is 2.45 bits per heavy atom. The zero-order chi connectivity index (χ0) is 22.1. The Balaban J connectivity index is 1.74. The quantitative estimate of drug-likeness (QED) is 0.656. The minimum atomic E-state index is -0.537. The molecule has 31 heavy (non-hydrogen) atoms. The number of nitrogens with one attached hydrogen (secondary N) is 1. The molecule has 1 fully saturated rings. The summed E-state index contributed by atoms with van der Waals surface area (Å²) in [4.78, 5) is 47.8. The second-order valence-corrected chi connectivity index (χ2v) is 7.73. The number of amides is 1. The molecule has 10 heteroatoms. The summed E-state index contributed by atoms with van der Waals surface area (Å²) in [6, 6.07) is 6.04. The van der Waals surface area contributed by atoms with Crippen LogP contribution >= 0.6 is 0 Å². The van der Waals surface area contributed by atoms with Crippen LogP contribution < -0.4 is 16.1 Å². The number of imidazole rings is 1. The van der Waals surface area contributed by atoms with Crippen LogP contribution in [0.25, 0.3) is 11.2 Å². The number of aromatic nitrogens is 4. The minimum Gasteiger partial charge on any atom is -0.339 e. The summed E-state index contributed by atoms with van der Waals surface area (Å²) in [5.74, 6) is 0.349. The molecule has 9 nitrogen and oxygen atoms in total. The van der Waals surface area contributed by atoms with Gasteiger partial charge in [-0.25, -0.2) is 9.18 Å². The Bertz CT molecular complexity index is 1220. The van der Waals surface area contributed by atoms with E-state index >= 15 is 0 Å². The molecule has 0 bridgehead atoms. The van der Waals surface area contributed by atoms with Gasteiger partial charge in [-0.1, -0.05) is 19.1 Å². The van der Waals surface area contributed by atoms with Gasteiger partial charge in [0, 0.05) is 39.6 Å². The largest absolute Gasteiger partial charge is 0.339 e. The van der Waals surface area contributed by atoms with E-state index in [2.05, 4.69) is 9.97 Å². The number of fused-ring (bicyclic) bond motifs is 1. The summed E-state index contributed by atoms with van der Waals surface area (Å²) >= 11 is 0. The smallest absolute Gasteiger partial charge is 0.329 e. The van der Waals surface area contributed by atoms with Gasteiger partial charge in [-0.05, 0) is 24.1 Å². The van der Waals surface area contributed by atoms with Gasteiger partial charge in [0.1, 0.15) is 5.82 Å². The number of aryl methyl sites for hydroxylation is 1. The third kappa shape index (κ3) is 3.97. The number of piperazine rings is 1. The van der Waals surface area contributed by atoms with Crippen LogP contribution in [0.3, 0.4) is 0 Å². The number of hydrogen-bond acceptors (Lipinski definition) is 5. The summed E-state index contributed by atoms with van der Waals surface area (Å²) in [6.45, 7) is 4.53. The lowest BCUT2D eigenvalue weighted by Crippen LogP contribution is -2.49. The van der Waals surface area contributed by atoms with Gasteiger partial charge in [0.2, 0.25) is 11.9 Å². The van der Waals surface area contributed by atoms with Gasteiger partial charge in [0.25, 0.3) is 5.56 Å². The van der Waals surface area contributed by atoms with E-state index in [0.717, 1.165) is 12.0 Å². The number of hydrogen-bond donors (Lipinski definition) is 1. The lowest BCUT2D eigenvalue weighted by atomic mass is 10.2. The fourth-order valence-corrected chi connectivity index (χ4v) is 3.91. The molecule has 4 rings (SSSR count). The van der Waals surface area contributed by atoms with Crippen molar-refractivity contribution in [1.29, 1.82) is 0 Å². The van der Waals surface area contributed by atoms with Gasteiger partial charge in [-0.3, -0.25) is 23.7 Å². The number of H-pyrrole nitrogens is 1. The minimum absolute atomic E-state index is 0.140. The van der Waals surface area contributed by atoms with Crippen molar-refractivity contribution in [2.24, 2.45) is 7.05 Å². The normalized spacial score (nSPS) is 14.4. The SMILES string of the molecule is CCCC(=O)N1CCN(c2nc3c(c(=O)[nH]c(=O)n3C)n2Cc2ccc(F)cc2)CC1. The molecule has 1 saturated heterocycles. The molecule has 2 aromatic heterocycles. The van der Waals surface area contributed by atoms with Gasteiger partial charge < -0.3 is 9.80 Å². The van der Waals surface area contributed by atoms with Crippen LogP contribution in [0.5, 0.6) is 0 Å². The molecule has 1 aliphatic heterocycles. The van der Waals surface area contributed by atoms with E-state index in [0.29, 0.717) is 45.1 Å². The topological polar surface area (TPSA) is 96.2 Å². The molecule has 0 spiro atoms. The molecule has 0 radical (unpaired) electrons. The predicted octanol–water partition coefficient (Wildman–Crippen LogP) is 1.06. The summed E-state index contributed by atoms with van der Waals surface area (Å²) in [6.07, 6.45) is 1.34. The zero-order valence-electron chi connectivity index (χ0n) is 17.6. The first kappa shape index (κ1) is 20.8. The van der Waals surface area contributed by atoms with Crippen molar-refractivity contribution in [1.82, 2.24) is 24.0 Å². The zero-order valence-corrected chi connectivity index (χ0v) is 17.6. The maximum absolute atomic E-state index is 13.4. The van der Waals surface area contributed by atoms with Crippen LogP contribution in [-0.4, -0.2) is 56.1 Å². The lowest BCUT2D eigenvalue weighted by Gasteiger charge is -2.35. The molecule has 1 N–H and O–H groups in total. The Kier molecular flexibility index (Phi) is 5.62. The lowest BCUT2D eigenvalue weighted by molar-refractivity contribution is -0.131. The first-order valence-electron chi connectivity index (χ1n) is 10.4. The Hall–Kier alpha value is -3.43. The van der Waals surface area contributed by atoms with E-state index in [9.17, 15) is 18.8 Å². The summed E-state index contributed by atoms with van der Waals surface area (Å²) < 4.78 is 16.4. The van der Waals surface area contributed by atoms with Crippen LogP contribution in [0.4, 0.5) is 10.3 Å². The van der Waals surface area contributed by atoms with Gasteiger partial charge >= 0.3 is 5.69 Å². The fourth-order valence-electron chi connectivity index (χ4n) is 3.91. The van der Waals surface area contributed by atoms with E-state index in [-0.39, 0.29) is 22.9 Å². The van der Waals surface area contributed by atoms with Gasteiger partial charge in [0.05, 0.1) is 6.54 Å². The first-order valence-corrected chi connectivity index (χ1v) is 10.4. The van der Waals surface area contributed by atoms with Crippen molar-refractivity contribution in [3.8, 4) is 0 Å². The first-order chi connectivity index (χ1) is 14.9. The number of nitrogens with zero attached hydrogens (tertiary/aromatic N) is 5. The number of benzene rings is 1. The van der Waals surface area contributed by atoms with Gasteiger partial charge in [-0.15, -0.1) is 0 Å². The summed E-state index contributed by atoms with van der Waals surface area (Å²) in [5.41, 5.74) is 0.314.